The van der Waals surface area contributed by atoms with Gasteiger partial charge in [-0.1, -0.05) is 19.1 Å². The van der Waals surface area contributed by atoms with Crippen LogP contribution in [-0.2, 0) is 22.1 Å². The van der Waals surface area contributed by atoms with Crippen LogP contribution in [0.3, 0.4) is 0 Å². The summed E-state index contributed by atoms with van der Waals surface area (Å²) in [5.41, 5.74) is 1.40. The predicted molar refractivity (Wildman–Crippen MR) is 133 cm³/mol. The average Bonchev–Trinajstić information content (AvgIpc) is 3.73. The monoisotopic (exact) mass is 516 g/mol. The van der Waals surface area contributed by atoms with Crippen LogP contribution in [0.2, 0.25) is 0 Å². The molecule has 0 bridgehead atoms. The molecule has 37 heavy (non-hydrogen) atoms. The lowest BCUT2D eigenvalue weighted by atomic mass is 9.80. The van der Waals surface area contributed by atoms with Gasteiger partial charge in [-0.15, -0.1) is 0 Å². The van der Waals surface area contributed by atoms with Crippen molar-refractivity contribution in [1.82, 2.24) is 9.88 Å². The zero-order valence-electron chi connectivity index (χ0n) is 21.7. The van der Waals surface area contributed by atoms with Crippen molar-refractivity contribution in [2.24, 2.45) is 11.8 Å². The van der Waals surface area contributed by atoms with Gasteiger partial charge in [0.25, 0.3) is 0 Å². The summed E-state index contributed by atoms with van der Waals surface area (Å²) in [5.74, 6) is 1.09. The molecule has 1 aromatic heterocycles. The van der Waals surface area contributed by atoms with Crippen molar-refractivity contribution >= 4 is 5.97 Å². The van der Waals surface area contributed by atoms with Crippen LogP contribution in [0, 0.1) is 11.8 Å². The fraction of sp³-hybridized carbons (Fsp3) is 0.586. The first-order valence-electron chi connectivity index (χ1n) is 13.3. The maximum atomic E-state index is 13.6. The van der Waals surface area contributed by atoms with Gasteiger partial charge in [0.1, 0.15) is 11.4 Å². The lowest BCUT2D eigenvalue weighted by Crippen LogP contribution is -2.50. The van der Waals surface area contributed by atoms with Gasteiger partial charge in [0.05, 0.1) is 24.3 Å². The standard InChI is InChI=1S/C29H35F3N2O3/c1-18(27(35)36-3)25(21-7-8-21)22-9-6-20-10-11-28(37-24(20)17-22)12-15-34(16-13-28)19(2)26-23(29(30,31)32)5-4-14-33-26/h4-6,9,14,17-19,21,25H,7-8,10-13,15-16H2,1-3H3/t18-,19-,25+/m1/s1. The number of halogens is 3. The minimum absolute atomic E-state index is 0.0799. The number of aryl methyl sites for hydroxylation is 1. The van der Waals surface area contributed by atoms with Gasteiger partial charge in [-0.25, -0.2) is 0 Å². The molecule has 5 rings (SSSR count). The Balaban J connectivity index is 1.30. The fourth-order valence-corrected chi connectivity index (χ4v) is 6.32. The van der Waals surface area contributed by atoms with Gasteiger partial charge < -0.3 is 9.47 Å². The van der Waals surface area contributed by atoms with Crippen molar-refractivity contribution < 1.29 is 27.4 Å². The van der Waals surface area contributed by atoms with E-state index >= 15 is 0 Å². The van der Waals surface area contributed by atoms with E-state index in [1.54, 1.807) is 6.92 Å². The number of aromatic nitrogens is 1. The smallest absolute Gasteiger partial charge is 0.418 e. The van der Waals surface area contributed by atoms with Gasteiger partial charge in [0, 0.05) is 25.3 Å². The molecule has 0 amide bonds. The van der Waals surface area contributed by atoms with Crippen LogP contribution in [0.1, 0.15) is 80.3 Å². The molecule has 1 spiro atoms. The summed E-state index contributed by atoms with van der Waals surface area (Å²) in [5, 5.41) is 0. The Kier molecular flexibility index (Phi) is 6.98. The molecular formula is C29H35F3N2O3. The Morgan fingerprint density at radius 2 is 1.89 bits per heavy atom. The summed E-state index contributed by atoms with van der Waals surface area (Å²) in [4.78, 5) is 18.5. The Hall–Kier alpha value is -2.61. The first-order chi connectivity index (χ1) is 17.6. The van der Waals surface area contributed by atoms with E-state index in [2.05, 4.69) is 28.1 Å². The summed E-state index contributed by atoms with van der Waals surface area (Å²) in [6, 6.07) is 8.41. The van der Waals surface area contributed by atoms with Crippen LogP contribution < -0.4 is 4.74 Å². The predicted octanol–water partition coefficient (Wildman–Crippen LogP) is 6.32. The van der Waals surface area contributed by atoms with Crippen LogP contribution in [-0.4, -0.2) is 41.7 Å². The number of nitrogens with zero attached hydrogens (tertiary/aromatic N) is 2. The molecule has 2 aliphatic heterocycles. The Morgan fingerprint density at radius 3 is 2.54 bits per heavy atom. The molecule has 3 atom stereocenters. The van der Waals surface area contributed by atoms with E-state index in [1.165, 1.54) is 24.9 Å². The van der Waals surface area contributed by atoms with E-state index in [4.69, 9.17) is 9.47 Å². The third-order valence-corrected chi connectivity index (χ3v) is 8.69. The normalized spacial score (nSPS) is 22.0. The number of pyridine rings is 1. The van der Waals surface area contributed by atoms with Crippen molar-refractivity contribution in [3.05, 3.63) is 58.9 Å². The number of hydrogen-bond donors (Lipinski definition) is 0. The largest absolute Gasteiger partial charge is 0.487 e. The zero-order chi connectivity index (χ0) is 26.4. The molecule has 3 heterocycles. The number of carbonyl (C=O) groups is 1. The van der Waals surface area contributed by atoms with Crippen LogP contribution in [0.4, 0.5) is 13.2 Å². The number of esters is 1. The number of piperidine rings is 1. The van der Waals surface area contributed by atoms with E-state index in [-0.39, 0.29) is 29.1 Å². The summed E-state index contributed by atoms with van der Waals surface area (Å²) < 4.78 is 52.4. The molecule has 3 aliphatic rings. The molecular weight excluding hydrogens is 481 g/mol. The van der Waals surface area contributed by atoms with E-state index in [9.17, 15) is 18.0 Å². The summed E-state index contributed by atoms with van der Waals surface area (Å²) >= 11 is 0. The molecule has 0 N–H and O–H groups in total. The molecule has 2 aromatic rings. The van der Waals surface area contributed by atoms with Crippen LogP contribution in [0.5, 0.6) is 5.75 Å². The van der Waals surface area contributed by atoms with E-state index in [0.717, 1.165) is 55.9 Å². The van der Waals surface area contributed by atoms with Crippen LogP contribution in [0.25, 0.3) is 0 Å². The van der Waals surface area contributed by atoms with Crippen molar-refractivity contribution in [3.63, 3.8) is 0 Å². The first-order valence-corrected chi connectivity index (χ1v) is 13.3. The fourth-order valence-electron chi connectivity index (χ4n) is 6.32. The van der Waals surface area contributed by atoms with E-state index < -0.39 is 17.8 Å². The summed E-state index contributed by atoms with van der Waals surface area (Å²) in [6.07, 6.45) is 2.55. The summed E-state index contributed by atoms with van der Waals surface area (Å²) in [7, 11) is 1.44. The SMILES string of the molecule is COC(=O)[C@H](C)[C@H](c1ccc2c(c1)OC1(CC2)CCN([C@H](C)c2ncccc2C(F)(F)F)CC1)C1CC1. The molecule has 5 nitrogen and oxygen atoms in total. The highest BCUT2D eigenvalue weighted by Crippen LogP contribution is 2.49. The van der Waals surface area contributed by atoms with Crippen molar-refractivity contribution in [3.8, 4) is 5.75 Å². The minimum atomic E-state index is -4.42. The molecule has 2 fully saturated rings. The van der Waals surface area contributed by atoms with Gasteiger partial charge in [0.15, 0.2) is 0 Å². The Labute approximate surface area is 216 Å². The summed E-state index contributed by atoms with van der Waals surface area (Å²) in [6.45, 7) is 5.04. The van der Waals surface area contributed by atoms with Gasteiger partial charge in [-0.05, 0) is 86.6 Å². The molecule has 1 saturated heterocycles. The zero-order valence-corrected chi connectivity index (χ0v) is 21.7. The minimum Gasteiger partial charge on any atom is -0.487 e. The van der Waals surface area contributed by atoms with Gasteiger partial charge >= 0.3 is 12.1 Å². The number of hydrogen-bond acceptors (Lipinski definition) is 5. The molecule has 8 heteroatoms. The molecule has 0 unspecified atom stereocenters. The Morgan fingerprint density at radius 1 is 1.16 bits per heavy atom. The maximum Gasteiger partial charge on any atom is 0.418 e. The second kappa shape index (κ2) is 9.93. The molecule has 200 valence electrons. The molecule has 1 saturated carbocycles. The lowest BCUT2D eigenvalue weighted by molar-refractivity contribution is -0.145. The highest BCUT2D eigenvalue weighted by atomic mass is 19.4. The highest BCUT2D eigenvalue weighted by Gasteiger charge is 2.43. The second-order valence-corrected chi connectivity index (χ2v) is 11.0. The number of likely N-dealkylation sites (tertiary alicyclic amines) is 1. The quantitative estimate of drug-likeness (QED) is 0.421. The first kappa shape index (κ1) is 26.0. The number of methoxy groups -OCH3 is 1. The van der Waals surface area contributed by atoms with Gasteiger partial charge in [-0.2, -0.15) is 13.2 Å². The number of ether oxygens (including phenoxy) is 2. The second-order valence-electron chi connectivity index (χ2n) is 11.0. The van der Waals surface area contributed by atoms with E-state index in [0.29, 0.717) is 19.0 Å². The van der Waals surface area contributed by atoms with Gasteiger partial charge in [0.2, 0.25) is 0 Å². The van der Waals surface area contributed by atoms with E-state index in [1.807, 2.05) is 6.92 Å². The molecule has 1 aliphatic carbocycles. The molecule has 1 aromatic carbocycles. The number of alkyl halides is 3. The average molecular weight is 517 g/mol. The number of fused-ring (bicyclic) bond motifs is 1. The number of carbonyl (C=O) groups excluding carboxylic acids is 1. The van der Waals surface area contributed by atoms with Crippen LogP contribution in [0.15, 0.2) is 36.5 Å². The Bertz CT molecular complexity index is 1140. The highest BCUT2D eigenvalue weighted by molar-refractivity contribution is 5.73. The van der Waals surface area contributed by atoms with Crippen LogP contribution >= 0.6 is 0 Å². The van der Waals surface area contributed by atoms with Gasteiger partial charge in [-0.3, -0.25) is 14.7 Å². The third-order valence-electron chi connectivity index (χ3n) is 8.69. The maximum absolute atomic E-state index is 13.6. The number of benzene rings is 1. The topological polar surface area (TPSA) is 51.7 Å². The molecule has 0 radical (unpaired) electrons. The lowest BCUT2D eigenvalue weighted by Gasteiger charge is -2.46. The third kappa shape index (κ3) is 5.22. The van der Waals surface area contributed by atoms with Crippen molar-refractivity contribution in [2.45, 2.75) is 76.1 Å². The van der Waals surface area contributed by atoms with Crippen molar-refractivity contribution in [1.29, 1.82) is 0 Å². The van der Waals surface area contributed by atoms with Crippen molar-refractivity contribution in [2.75, 3.05) is 20.2 Å². The number of rotatable bonds is 6.